The number of ketones is 2. The van der Waals surface area contributed by atoms with Crippen molar-refractivity contribution in [2.24, 2.45) is 50.2 Å². The molecule has 0 saturated heterocycles. The van der Waals surface area contributed by atoms with Crippen LogP contribution in [0.3, 0.4) is 0 Å². The first-order valence-corrected chi connectivity index (χ1v) is 14.2. The minimum absolute atomic E-state index is 0.0506. The lowest BCUT2D eigenvalue weighted by atomic mass is 9.34. The van der Waals surface area contributed by atoms with Crippen LogP contribution in [0.2, 0.25) is 0 Å². The largest absolute Gasteiger partial charge is 0.501 e. The van der Waals surface area contributed by atoms with Crippen LogP contribution in [0.15, 0.2) is 35.8 Å². The van der Waals surface area contributed by atoms with Crippen molar-refractivity contribution >= 4 is 11.6 Å². The van der Waals surface area contributed by atoms with E-state index in [4.69, 9.17) is 11.3 Å². The molecule has 0 spiro atoms. The topological polar surface area (TPSA) is 47.7 Å². The molecule has 7 atom stereocenters. The molecular weight excluding hydrogens is 458 g/mol. The molecular formula is C33H45NO3. The number of hydrogen-bond acceptors (Lipinski definition) is 3. The highest BCUT2D eigenvalue weighted by molar-refractivity contribution is 6.03. The summed E-state index contributed by atoms with van der Waals surface area (Å²) in [6, 6.07) is 0. The van der Waals surface area contributed by atoms with Gasteiger partial charge in [0.1, 0.15) is 0 Å². The molecule has 0 amide bonds. The van der Waals surface area contributed by atoms with Crippen molar-refractivity contribution < 1.29 is 14.3 Å². The Bertz CT molecular complexity index is 1200. The fraction of sp³-hybridized carbons (Fsp3) is 0.727. The zero-order valence-corrected chi connectivity index (χ0v) is 24.2. The van der Waals surface area contributed by atoms with Gasteiger partial charge in [-0.15, -0.1) is 0 Å². The van der Waals surface area contributed by atoms with E-state index >= 15 is 0 Å². The van der Waals surface area contributed by atoms with Crippen LogP contribution in [0.25, 0.3) is 4.85 Å². The Kier molecular flexibility index (Phi) is 5.51. The third-order valence-corrected chi connectivity index (χ3v) is 12.6. The molecule has 5 aliphatic carbocycles. The van der Waals surface area contributed by atoms with Gasteiger partial charge in [-0.05, 0) is 79.1 Å². The Hall–Kier alpha value is -2.15. The Morgan fingerprint density at radius 1 is 1.03 bits per heavy atom. The van der Waals surface area contributed by atoms with Crippen molar-refractivity contribution in [3.05, 3.63) is 47.2 Å². The molecule has 0 aromatic heterocycles. The van der Waals surface area contributed by atoms with Crippen molar-refractivity contribution in [3.63, 3.8) is 0 Å². The van der Waals surface area contributed by atoms with Crippen molar-refractivity contribution in [2.75, 3.05) is 7.11 Å². The smallest absolute Gasteiger partial charge is 0.226 e. The van der Waals surface area contributed by atoms with E-state index in [9.17, 15) is 9.59 Å². The molecule has 5 aliphatic rings. The van der Waals surface area contributed by atoms with E-state index in [1.54, 1.807) is 7.11 Å². The summed E-state index contributed by atoms with van der Waals surface area (Å²) in [6.07, 6.45) is 10.9. The molecule has 0 bridgehead atoms. The van der Waals surface area contributed by atoms with Gasteiger partial charge in [0, 0.05) is 22.2 Å². The maximum Gasteiger partial charge on any atom is 0.226 e. The van der Waals surface area contributed by atoms with Gasteiger partial charge in [-0.1, -0.05) is 66.7 Å². The highest BCUT2D eigenvalue weighted by atomic mass is 16.5. The van der Waals surface area contributed by atoms with Crippen LogP contribution < -0.4 is 0 Å². The zero-order chi connectivity index (χ0) is 27.4. The van der Waals surface area contributed by atoms with Gasteiger partial charge in [-0.2, -0.15) is 0 Å². The molecule has 5 rings (SSSR count). The van der Waals surface area contributed by atoms with Gasteiger partial charge in [0.15, 0.2) is 11.6 Å². The van der Waals surface area contributed by atoms with Gasteiger partial charge in [-0.25, -0.2) is 4.85 Å². The van der Waals surface area contributed by atoms with Crippen molar-refractivity contribution in [1.82, 2.24) is 0 Å². The van der Waals surface area contributed by atoms with Crippen LogP contribution in [0.5, 0.6) is 0 Å². The highest BCUT2D eigenvalue weighted by Crippen LogP contribution is 2.75. The van der Waals surface area contributed by atoms with Crippen molar-refractivity contribution in [2.45, 2.75) is 93.4 Å². The van der Waals surface area contributed by atoms with E-state index < -0.39 is 10.8 Å². The lowest BCUT2D eigenvalue weighted by molar-refractivity contribution is -0.170. The third-order valence-electron chi connectivity index (χ3n) is 12.6. The Morgan fingerprint density at radius 3 is 2.30 bits per heavy atom. The van der Waals surface area contributed by atoms with Crippen molar-refractivity contribution in [3.8, 4) is 0 Å². The monoisotopic (exact) mass is 503 g/mol. The van der Waals surface area contributed by atoms with E-state index in [0.717, 1.165) is 56.3 Å². The first-order chi connectivity index (χ1) is 17.0. The fourth-order valence-electron chi connectivity index (χ4n) is 10.3. The molecule has 200 valence electrons. The van der Waals surface area contributed by atoms with Crippen LogP contribution in [-0.2, 0) is 14.3 Å². The number of Topliss-reactive ketones (excluding diaryl/α,β-unsaturated/α-hetero) is 1. The summed E-state index contributed by atoms with van der Waals surface area (Å²) < 4.78 is 5.85. The number of ether oxygens (including phenoxy) is 1. The Morgan fingerprint density at radius 2 is 1.68 bits per heavy atom. The molecule has 4 nitrogen and oxygen atoms in total. The molecule has 2 unspecified atom stereocenters. The zero-order valence-electron chi connectivity index (χ0n) is 24.2. The Balaban J connectivity index is 1.71. The number of methoxy groups -OCH3 is 1. The lowest BCUT2D eigenvalue weighted by Crippen LogP contribution is -2.65. The number of hydrogen-bond donors (Lipinski definition) is 0. The second kappa shape index (κ2) is 7.71. The maximum absolute atomic E-state index is 14.4. The summed E-state index contributed by atoms with van der Waals surface area (Å²) in [7, 11) is 1.74. The molecule has 0 aromatic rings. The predicted octanol–water partition coefficient (Wildman–Crippen LogP) is 7.72. The molecule has 0 radical (unpaired) electrons. The highest BCUT2D eigenvalue weighted by Gasteiger charge is 2.70. The SMILES string of the molecule is [C-]#[N+]C1=C[C@]2(C)C3=CC(=O)C4C5CC(C)(C)CC[C@]5(C(=C)OC)CC[C@@]4(C)[C@]3(C)CC[C@H]2C(C)(C)C1=O. The number of fused-ring (bicyclic) bond motifs is 7. The minimum atomic E-state index is -0.627. The van der Waals surface area contributed by atoms with Gasteiger partial charge in [0.2, 0.25) is 5.70 Å². The summed E-state index contributed by atoms with van der Waals surface area (Å²) in [6.45, 7) is 27.8. The normalized spacial score (nSPS) is 45.6. The number of rotatable bonds is 2. The van der Waals surface area contributed by atoms with E-state index in [-0.39, 0.29) is 56.7 Å². The van der Waals surface area contributed by atoms with Crippen LogP contribution >= 0.6 is 0 Å². The van der Waals surface area contributed by atoms with Gasteiger partial charge in [-0.3, -0.25) is 4.79 Å². The van der Waals surface area contributed by atoms with Gasteiger partial charge in [0.25, 0.3) is 0 Å². The standard InChI is InChI=1S/C33H45NO3/c1-20(37-10)33-15-13-28(2,3)18-21(33)26-23(35)17-25-30(6)19-22(34-9)27(36)29(4,5)24(30)11-12-31(25,7)32(26,8)14-16-33/h17,19,21,24,26H,1,11-16,18H2,2-8,10H3/t21?,24-,26?,30-,31+,32+,33+/m0/s1. The second-order valence-corrected chi connectivity index (χ2v) is 15.0. The number of carbonyl (C=O) groups excluding carboxylic acids is 2. The predicted molar refractivity (Wildman–Crippen MR) is 146 cm³/mol. The summed E-state index contributed by atoms with van der Waals surface area (Å²) in [5, 5.41) is 0. The summed E-state index contributed by atoms with van der Waals surface area (Å²) >= 11 is 0. The second-order valence-electron chi connectivity index (χ2n) is 15.0. The minimum Gasteiger partial charge on any atom is -0.501 e. The Labute approximate surface area is 223 Å². The summed E-state index contributed by atoms with van der Waals surface area (Å²) in [4.78, 5) is 31.3. The van der Waals surface area contributed by atoms with Crippen LogP contribution in [0.4, 0.5) is 0 Å². The average Bonchev–Trinajstić information content (AvgIpc) is 2.82. The molecule has 3 saturated carbocycles. The first-order valence-electron chi connectivity index (χ1n) is 14.2. The first kappa shape index (κ1) is 26.5. The molecule has 0 N–H and O–H groups in total. The quantitative estimate of drug-likeness (QED) is 0.286. The maximum atomic E-state index is 14.4. The molecule has 37 heavy (non-hydrogen) atoms. The van der Waals surface area contributed by atoms with Crippen LogP contribution in [-0.4, -0.2) is 18.7 Å². The molecule has 0 aliphatic heterocycles. The van der Waals surface area contributed by atoms with E-state index in [1.165, 1.54) is 0 Å². The number of nitrogens with zero attached hydrogens (tertiary/aromatic N) is 1. The van der Waals surface area contributed by atoms with Crippen LogP contribution in [0, 0.1) is 56.8 Å². The molecule has 3 fully saturated rings. The molecule has 0 aromatic carbocycles. The lowest BCUT2D eigenvalue weighted by Gasteiger charge is -2.69. The van der Waals surface area contributed by atoms with Gasteiger partial charge in [0.05, 0.1) is 19.4 Å². The molecule has 4 heteroatoms. The average molecular weight is 504 g/mol. The fourth-order valence-corrected chi connectivity index (χ4v) is 10.3. The number of carbonyl (C=O) groups is 2. The number of allylic oxidation sites excluding steroid dienone is 5. The van der Waals surface area contributed by atoms with Gasteiger partial charge >= 0.3 is 0 Å². The van der Waals surface area contributed by atoms with Crippen molar-refractivity contribution in [1.29, 1.82) is 0 Å². The third kappa shape index (κ3) is 3.12. The van der Waals surface area contributed by atoms with Crippen LogP contribution in [0.1, 0.15) is 93.4 Å². The van der Waals surface area contributed by atoms with E-state index in [0.29, 0.717) is 0 Å². The van der Waals surface area contributed by atoms with E-state index in [1.807, 2.05) is 26.0 Å². The van der Waals surface area contributed by atoms with E-state index in [2.05, 4.69) is 46.0 Å². The summed E-state index contributed by atoms with van der Waals surface area (Å²) in [5.74, 6) is 1.24. The molecule has 0 heterocycles. The summed E-state index contributed by atoms with van der Waals surface area (Å²) in [5.41, 5.74) is -0.0624. The van der Waals surface area contributed by atoms with Gasteiger partial charge < -0.3 is 9.53 Å².